The molecule has 0 saturated heterocycles. The first-order valence-electron chi connectivity index (χ1n) is 5.89. The van der Waals surface area contributed by atoms with E-state index in [-0.39, 0.29) is 18.4 Å². The zero-order chi connectivity index (χ0) is 13.0. The van der Waals surface area contributed by atoms with Gasteiger partial charge in [0, 0.05) is 22.6 Å². The van der Waals surface area contributed by atoms with Crippen LogP contribution in [0.3, 0.4) is 0 Å². The Balaban J connectivity index is 0.00000180. The Labute approximate surface area is 130 Å². The average molecular weight is 317 g/mol. The topological polar surface area (TPSA) is 12.0 Å². The van der Waals surface area contributed by atoms with Gasteiger partial charge in [-0.15, -0.1) is 12.4 Å². The fourth-order valence-corrected chi connectivity index (χ4v) is 2.26. The molecule has 0 bridgehead atoms. The number of nitrogens with one attached hydrogen (secondary N) is 1. The molecular formula is C15H16Cl3N. The molecule has 1 nitrogen and oxygen atoms in total. The SMILES string of the molecule is CC(NCc1ccc(Cl)cc1Cl)c1ccccc1.Cl. The van der Waals surface area contributed by atoms with Crippen LogP contribution in [-0.4, -0.2) is 0 Å². The van der Waals surface area contributed by atoms with Crippen molar-refractivity contribution in [3.05, 3.63) is 69.7 Å². The predicted molar refractivity (Wildman–Crippen MR) is 85.4 cm³/mol. The van der Waals surface area contributed by atoms with Gasteiger partial charge in [0.25, 0.3) is 0 Å². The van der Waals surface area contributed by atoms with E-state index in [4.69, 9.17) is 23.2 Å². The summed E-state index contributed by atoms with van der Waals surface area (Å²) in [5.74, 6) is 0. The van der Waals surface area contributed by atoms with Gasteiger partial charge in [-0.3, -0.25) is 0 Å². The van der Waals surface area contributed by atoms with Crippen molar-refractivity contribution in [3.63, 3.8) is 0 Å². The largest absolute Gasteiger partial charge is 0.306 e. The van der Waals surface area contributed by atoms with Crippen LogP contribution < -0.4 is 5.32 Å². The Kier molecular flexibility index (Phi) is 6.67. The predicted octanol–water partition coefficient (Wildman–Crippen LogP) is 5.27. The normalized spacial score (nSPS) is 11.7. The van der Waals surface area contributed by atoms with Gasteiger partial charge in [0.1, 0.15) is 0 Å². The summed E-state index contributed by atoms with van der Waals surface area (Å²) in [5, 5.41) is 4.82. The molecule has 0 saturated carbocycles. The van der Waals surface area contributed by atoms with Crippen molar-refractivity contribution in [1.82, 2.24) is 5.32 Å². The molecule has 1 atom stereocenters. The zero-order valence-electron chi connectivity index (χ0n) is 10.6. The molecule has 4 heteroatoms. The van der Waals surface area contributed by atoms with E-state index >= 15 is 0 Å². The van der Waals surface area contributed by atoms with E-state index in [1.165, 1.54) is 5.56 Å². The monoisotopic (exact) mass is 315 g/mol. The Morgan fingerprint density at radius 3 is 2.37 bits per heavy atom. The molecule has 1 N–H and O–H groups in total. The second-order valence-electron chi connectivity index (χ2n) is 4.25. The van der Waals surface area contributed by atoms with Gasteiger partial charge < -0.3 is 5.32 Å². The van der Waals surface area contributed by atoms with Crippen molar-refractivity contribution in [1.29, 1.82) is 0 Å². The molecule has 0 aliphatic carbocycles. The number of rotatable bonds is 4. The summed E-state index contributed by atoms with van der Waals surface area (Å²) in [4.78, 5) is 0. The van der Waals surface area contributed by atoms with Gasteiger partial charge in [-0.1, -0.05) is 59.6 Å². The smallest absolute Gasteiger partial charge is 0.0465 e. The van der Waals surface area contributed by atoms with Crippen LogP contribution in [0.4, 0.5) is 0 Å². The van der Waals surface area contributed by atoms with Crippen LogP contribution in [-0.2, 0) is 6.54 Å². The first-order chi connectivity index (χ1) is 8.66. The van der Waals surface area contributed by atoms with Crippen molar-refractivity contribution >= 4 is 35.6 Å². The molecular weight excluding hydrogens is 301 g/mol. The van der Waals surface area contributed by atoms with E-state index < -0.39 is 0 Å². The molecule has 0 radical (unpaired) electrons. The maximum Gasteiger partial charge on any atom is 0.0465 e. The first-order valence-corrected chi connectivity index (χ1v) is 6.64. The van der Waals surface area contributed by atoms with Gasteiger partial charge in [-0.2, -0.15) is 0 Å². The Bertz CT molecular complexity index is 514. The summed E-state index contributed by atoms with van der Waals surface area (Å²) in [5.41, 5.74) is 2.33. The molecule has 2 rings (SSSR count). The summed E-state index contributed by atoms with van der Waals surface area (Å²) in [6, 6.07) is 16.2. The van der Waals surface area contributed by atoms with E-state index in [0.717, 1.165) is 12.1 Å². The van der Waals surface area contributed by atoms with Crippen molar-refractivity contribution in [2.24, 2.45) is 0 Å². The van der Waals surface area contributed by atoms with Crippen LogP contribution in [0.5, 0.6) is 0 Å². The third kappa shape index (κ3) is 4.70. The summed E-state index contributed by atoms with van der Waals surface area (Å²) < 4.78 is 0. The van der Waals surface area contributed by atoms with E-state index in [1.54, 1.807) is 6.07 Å². The molecule has 2 aromatic rings. The minimum absolute atomic E-state index is 0. The number of hydrogen-bond acceptors (Lipinski definition) is 1. The van der Waals surface area contributed by atoms with Crippen molar-refractivity contribution in [2.45, 2.75) is 19.5 Å². The molecule has 19 heavy (non-hydrogen) atoms. The van der Waals surface area contributed by atoms with Crippen LogP contribution in [0.1, 0.15) is 24.1 Å². The summed E-state index contributed by atoms with van der Waals surface area (Å²) in [7, 11) is 0. The van der Waals surface area contributed by atoms with Crippen molar-refractivity contribution < 1.29 is 0 Å². The molecule has 0 amide bonds. The molecule has 1 unspecified atom stereocenters. The summed E-state index contributed by atoms with van der Waals surface area (Å²) >= 11 is 12.0. The minimum atomic E-state index is 0. The molecule has 0 aliphatic rings. The Morgan fingerprint density at radius 1 is 1.05 bits per heavy atom. The molecule has 0 aliphatic heterocycles. The minimum Gasteiger partial charge on any atom is -0.306 e. The lowest BCUT2D eigenvalue weighted by atomic mass is 10.1. The Hall–Kier alpha value is -0.730. The average Bonchev–Trinajstić information content (AvgIpc) is 2.38. The number of benzene rings is 2. The lowest BCUT2D eigenvalue weighted by Crippen LogP contribution is -2.18. The Morgan fingerprint density at radius 2 is 1.74 bits per heavy atom. The zero-order valence-corrected chi connectivity index (χ0v) is 12.9. The van der Waals surface area contributed by atoms with Crippen LogP contribution >= 0.6 is 35.6 Å². The molecule has 0 aromatic heterocycles. The summed E-state index contributed by atoms with van der Waals surface area (Å²) in [6.45, 7) is 2.87. The quantitative estimate of drug-likeness (QED) is 0.810. The highest BCUT2D eigenvalue weighted by Gasteiger charge is 2.06. The lowest BCUT2D eigenvalue weighted by Gasteiger charge is -2.15. The van der Waals surface area contributed by atoms with Crippen LogP contribution in [0.2, 0.25) is 10.0 Å². The van der Waals surface area contributed by atoms with E-state index in [9.17, 15) is 0 Å². The van der Waals surface area contributed by atoms with E-state index in [1.807, 2.05) is 30.3 Å². The van der Waals surface area contributed by atoms with Gasteiger partial charge in [0.2, 0.25) is 0 Å². The van der Waals surface area contributed by atoms with Crippen molar-refractivity contribution in [3.8, 4) is 0 Å². The summed E-state index contributed by atoms with van der Waals surface area (Å²) in [6.07, 6.45) is 0. The van der Waals surface area contributed by atoms with Crippen LogP contribution in [0.25, 0.3) is 0 Å². The third-order valence-corrected chi connectivity index (χ3v) is 3.50. The van der Waals surface area contributed by atoms with Crippen molar-refractivity contribution in [2.75, 3.05) is 0 Å². The van der Waals surface area contributed by atoms with Gasteiger partial charge in [0.05, 0.1) is 0 Å². The van der Waals surface area contributed by atoms with Gasteiger partial charge in [-0.05, 0) is 30.2 Å². The van der Waals surface area contributed by atoms with Gasteiger partial charge in [-0.25, -0.2) is 0 Å². The number of halogens is 3. The highest BCUT2D eigenvalue weighted by Crippen LogP contribution is 2.21. The van der Waals surface area contributed by atoms with Gasteiger partial charge >= 0.3 is 0 Å². The highest BCUT2D eigenvalue weighted by atomic mass is 35.5. The molecule has 0 fully saturated rings. The molecule has 2 aromatic carbocycles. The molecule has 0 heterocycles. The van der Waals surface area contributed by atoms with Crippen LogP contribution in [0.15, 0.2) is 48.5 Å². The highest BCUT2D eigenvalue weighted by molar-refractivity contribution is 6.35. The number of hydrogen-bond donors (Lipinski definition) is 1. The maximum atomic E-state index is 6.13. The second kappa shape index (κ2) is 7.76. The second-order valence-corrected chi connectivity index (χ2v) is 5.09. The van der Waals surface area contributed by atoms with Gasteiger partial charge in [0.15, 0.2) is 0 Å². The molecule has 0 spiro atoms. The standard InChI is InChI=1S/C15H15Cl2N.ClH/c1-11(12-5-3-2-4-6-12)18-10-13-7-8-14(16)9-15(13)17;/h2-9,11,18H,10H2,1H3;1H. The fourth-order valence-electron chi connectivity index (χ4n) is 1.79. The van der Waals surface area contributed by atoms with E-state index in [2.05, 4.69) is 24.4 Å². The third-order valence-electron chi connectivity index (χ3n) is 2.91. The van der Waals surface area contributed by atoms with Crippen LogP contribution in [0, 0.1) is 0 Å². The molecule has 102 valence electrons. The fraction of sp³-hybridized carbons (Fsp3) is 0.200. The lowest BCUT2D eigenvalue weighted by molar-refractivity contribution is 0.575. The maximum absolute atomic E-state index is 6.13. The first kappa shape index (κ1) is 16.3. The van der Waals surface area contributed by atoms with E-state index in [0.29, 0.717) is 10.0 Å².